The fourth-order valence-electron chi connectivity index (χ4n) is 1.22. The molecule has 7 heteroatoms. The van der Waals surface area contributed by atoms with Gasteiger partial charge in [0.1, 0.15) is 16.5 Å². The Bertz CT molecular complexity index is 539. The fraction of sp³-hybridized carbons (Fsp3) is 0.200. The number of nitrogens with one attached hydrogen (secondary N) is 1. The minimum Gasteiger partial charge on any atom is -0.382 e. The molecule has 0 saturated carbocycles. The quantitative estimate of drug-likeness (QED) is 0.837. The molecule has 88 valence electrons. The largest absolute Gasteiger partial charge is 0.382 e. The zero-order valence-electron chi connectivity index (χ0n) is 9.17. The summed E-state index contributed by atoms with van der Waals surface area (Å²) in [6.45, 7) is 2.35. The van der Waals surface area contributed by atoms with E-state index < -0.39 is 0 Å². The van der Waals surface area contributed by atoms with Crippen LogP contribution in [-0.4, -0.2) is 20.9 Å². The Morgan fingerprint density at radius 3 is 2.94 bits per heavy atom. The first kappa shape index (κ1) is 11.5. The standard InChI is InChI=1S/C10H11N5OS/c1-6-2-13-9(17-6)5-14-10(16)7-3-12-4-8(11)15-7/h2-4H,5H2,1H3,(H2,11,15)(H,14,16). The van der Waals surface area contributed by atoms with Crippen LogP contribution in [0.2, 0.25) is 0 Å². The number of amides is 1. The van der Waals surface area contributed by atoms with Gasteiger partial charge < -0.3 is 11.1 Å². The molecule has 2 rings (SSSR count). The van der Waals surface area contributed by atoms with Crippen molar-refractivity contribution in [2.24, 2.45) is 0 Å². The smallest absolute Gasteiger partial charge is 0.271 e. The van der Waals surface area contributed by atoms with Crippen molar-refractivity contribution >= 4 is 23.1 Å². The van der Waals surface area contributed by atoms with Gasteiger partial charge in [-0.05, 0) is 6.92 Å². The molecule has 0 radical (unpaired) electrons. The van der Waals surface area contributed by atoms with Crippen molar-refractivity contribution in [2.45, 2.75) is 13.5 Å². The number of carbonyl (C=O) groups excluding carboxylic acids is 1. The highest BCUT2D eigenvalue weighted by molar-refractivity contribution is 7.11. The number of carbonyl (C=O) groups is 1. The Kier molecular flexibility index (Phi) is 3.29. The van der Waals surface area contributed by atoms with Crippen LogP contribution < -0.4 is 11.1 Å². The zero-order chi connectivity index (χ0) is 12.3. The van der Waals surface area contributed by atoms with Gasteiger partial charge in [-0.2, -0.15) is 0 Å². The lowest BCUT2D eigenvalue weighted by atomic mass is 10.4. The van der Waals surface area contributed by atoms with Gasteiger partial charge >= 0.3 is 0 Å². The molecular weight excluding hydrogens is 238 g/mol. The molecule has 0 aromatic carbocycles. The van der Waals surface area contributed by atoms with E-state index in [2.05, 4.69) is 20.3 Å². The van der Waals surface area contributed by atoms with E-state index in [1.54, 1.807) is 17.5 Å². The maximum Gasteiger partial charge on any atom is 0.271 e. The Morgan fingerprint density at radius 1 is 1.47 bits per heavy atom. The molecule has 1 amide bonds. The predicted molar refractivity (Wildman–Crippen MR) is 64.5 cm³/mol. The molecule has 0 aliphatic heterocycles. The van der Waals surface area contributed by atoms with Crippen LogP contribution in [-0.2, 0) is 6.54 Å². The fourth-order valence-corrected chi connectivity index (χ4v) is 1.95. The van der Waals surface area contributed by atoms with Gasteiger partial charge in [0.05, 0.1) is 18.9 Å². The summed E-state index contributed by atoms with van der Waals surface area (Å²) in [5.41, 5.74) is 5.65. The van der Waals surface area contributed by atoms with Gasteiger partial charge in [-0.15, -0.1) is 11.3 Å². The molecule has 2 aromatic rings. The van der Waals surface area contributed by atoms with Gasteiger partial charge in [0.25, 0.3) is 5.91 Å². The van der Waals surface area contributed by atoms with Crippen LogP contribution in [0.3, 0.4) is 0 Å². The number of nitrogens with two attached hydrogens (primary N) is 1. The summed E-state index contributed by atoms with van der Waals surface area (Å²) < 4.78 is 0. The van der Waals surface area contributed by atoms with Gasteiger partial charge in [-0.1, -0.05) is 0 Å². The Morgan fingerprint density at radius 2 is 2.29 bits per heavy atom. The highest BCUT2D eigenvalue weighted by atomic mass is 32.1. The Labute approximate surface area is 102 Å². The van der Waals surface area contributed by atoms with Gasteiger partial charge in [0.15, 0.2) is 0 Å². The second-order valence-electron chi connectivity index (χ2n) is 3.38. The summed E-state index contributed by atoms with van der Waals surface area (Å²) in [7, 11) is 0. The molecule has 17 heavy (non-hydrogen) atoms. The summed E-state index contributed by atoms with van der Waals surface area (Å²) >= 11 is 1.54. The molecule has 6 nitrogen and oxygen atoms in total. The first-order valence-electron chi connectivity index (χ1n) is 4.92. The summed E-state index contributed by atoms with van der Waals surface area (Å²) in [4.78, 5) is 24.6. The van der Waals surface area contributed by atoms with Crippen molar-refractivity contribution in [3.05, 3.63) is 34.2 Å². The van der Waals surface area contributed by atoms with Crippen LogP contribution in [0, 0.1) is 6.92 Å². The van der Waals surface area contributed by atoms with Crippen molar-refractivity contribution in [1.82, 2.24) is 20.3 Å². The summed E-state index contributed by atoms with van der Waals surface area (Å²) in [5, 5.41) is 3.56. The molecule has 0 aliphatic carbocycles. The third-order valence-electron chi connectivity index (χ3n) is 1.96. The maximum atomic E-state index is 11.7. The Balaban J connectivity index is 1.98. The first-order valence-corrected chi connectivity index (χ1v) is 5.74. The number of aryl methyl sites for hydroxylation is 1. The normalized spacial score (nSPS) is 10.2. The molecule has 0 spiro atoms. The average molecular weight is 249 g/mol. The topological polar surface area (TPSA) is 93.8 Å². The second-order valence-corrected chi connectivity index (χ2v) is 4.70. The molecule has 3 N–H and O–H groups in total. The summed E-state index contributed by atoms with van der Waals surface area (Å²) in [6, 6.07) is 0. The third kappa shape index (κ3) is 2.97. The van der Waals surface area contributed by atoms with Gasteiger partial charge in [-0.3, -0.25) is 9.78 Å². The number of nitrogen functional groups attached to an aromatic ring is 1. The monoisotopic (exact) mass is 249 g/mol. The van der Waals surface area contributed by atoms with Crippen molar-refractivity contribution in [3.63, 3.8) is 0 Å². The molecule has 0 atom stereocenters. The average Bonchev–Trinajstić information content (AvgIpc) is 2.72. The lowest BCUT2D eigenvalue weighted by Crippen LogP contribution is -2.24. The number of thiazole rings is 1. The second kappa shape index (κ2) is 4.88. The van der Waals surface area contributed by atoms with Crippen LogP contribution in [0.4, 0.5) is 5.82 Å². The van der Waals surface area contributed by atoms with E-state index in [-0.39, 0.29) is 17.4 Å². The van der Waals surface area contributed by atoms with E-state index in [0.717, 1.165) is 9.88 Å². The highest BCUT2D eigenvalue weighted by Gasteiger charge is 2.08. The lowest BCUT2D eigenvalue weighted by Gasteiger charge is -2.02. The summed E-state index contributed by atoms with van der Waals surface area (Å²) in [6.07, 6.45) is 4.53. The van der Waals surface area contributed by atoms with Crippen LogP contribution in [0.15, 0.2) is 18.6 Å². The first-order chi connectivity index (χ1) is 8.15. The number of aromatic nitrogens is 3. The van der Waals surface area contributed by atoms with Crippen LogP contribution >= 0.6 is 11.3 Å². The SMILES string of the molecule is Cc1cnc(CNC(=O)c2cncc(N)n2)s1. The highest BCUT2D eigenvalue weighted by Crippen LogP contribution is 2.10. The molecule has 2 heterocycles. The molecule has 0 bridgehead atoms. The number of anilines is 1. The van der Waals surface area contributed by atoms with E-state index in [1.807, 2.05) is 6.92 Å². The molecule has 2 aromatic heterocycles. The summed E-state index contributed by atoms with van der Waals surface area (Å²) in [5.74, 6) is -0.0830. The number of hydrogen-bond acceptors (Lipinski definition) is 6. The van der Waals surface area contributed by atoms with E-state index in [0.29, 0.717) is 6.54 Å². The van der Waals surface area contributed by atoms with Crippen LogP contribution in [0.1, 0.15) is 20.4 Å². The van der Waals surface area contributed by atoms with E-state index >= 15 is 0 Å². The molecule has 0 saturated heterocycles. The molecule has 0 aliphatic rings. The van der Waals surface area contributed by atoms with Gasteiger partial charge in [0.2, 0.25) is 0 Å². The maximum absolute atomic E-state index is 11.7. The number of nitrogens with zero attached hydrogens (tertiary/aromatic N) is 3. The van der Waals surface area contributed by atoms with Crippen molar-refractivity contribution < 1.29 is 4.79 Å². The van der Waals surface area contributed by atoms with E-state index in [9.17, 15) is 4.79 Å². The number of hydrogen-bond donors (Lipinski definition) is 2. The van der Waals surface area contributed by atoms with Crippen molar-refractivity contribution in [2.75, 3.05) is 5.73 Å². The third-order valence-corrected chi connectivity index (χ3v) is 2.87. The van der Waals surface area contributed by atoms with Crippen molar-refractivity contribution in [3.8, 4) is 0 Å². The van der Waals surface area contributed by atoms with Crippen LogP contribution in [0.25, 0.3) is 0 Å². The van der Waals surface area contributed by atoms with E-state index in [4.69, 9.17) is 5.73 Å². The molecular formula is C10H11N5OS. The minimum absolute atomic E-state index is 0.207. The van der Waals surface area contributed by atoms with Crippen LogP contribution in [0.5, 0.6) is 0 Å². The number of rotatable bonds is 3. The van der Waals surface area contributed by atoms with Crippen molar-refractivity contribution in [1.29, 1.82) is 0 Å². The molecule has 0 fully saturated rings. The van der Waals surface area contributed by atoms with E-state index in [1.165, 1.54) is 12.4 Å². The lowest BCUT2D eigenvalue weighted by molar-refractivity contribution is 0.0945. The zero-order valence-corrected chi connectivity index (χ0v) is 9.99. The predicted octanol–water partition coefficient (Wildman–Crippen LogP) is 0.754. The molecule has 0 unspecified atom stereocenters. The van der Waals surface area contributed by atoms with Gasteiger partial charge in [-0.25, -0.2) is 9.97 Å². The Hall–Kier alpha value is -2.02. The van der Waals surface area contributed by atoms with Gasteiger partial charge in [0, 0.05) is 11.1 Å². The minimum atomic E-state index is -0.308.